The molecule has 2 saturated heterocycles. The number of carbonyl (C=O) groups is 1. The zero-order valence-corrected chi connectivity index (χ0v) is 15.5. The molecule has 0 aliphatic carbocycles. The largest absolute Gasteiger partial charge is 0.497 e. The van der Waals surface area contributed by atoms with E-state index >= 15 is 0 Å². The number of amides is 1. The summed E-state index contributed by atoms with van der Waals surface area (Å²) < 4.78 is 5.82. The standard InChI is InChI=1S/C18H22N2O2S2/c1-22-15-8-6-14(7-9-15)12-16-17(21)20(18(23)24-16)13-19-10-4-2-3-5-11-19/h6-9,12H,2-5,10-11,13H2,1H3. The van der Waals surface area contributed by atoms with Crippen LogP contribution in [0, 0.1) is 0 Å². The van der Waals surface area contributed by atoms with E-state index in [0.29, 0.717) is 15.9 Å². The molecule has 0 N–H and O–H groups in total. The predicted octanol–water partition coefficient (Wildman–Crippen LogP) is 3.73. The molecular formula is C18H22N2O2S2. The number of rotatable bonds is 4. The fourth-order valence-corrected chi connectivity index (χ4v) is 4.19. The van der Waals surface area contributed by atoms with E-state index in [4.69, 9.17) is 17.0 Å². The van der Waals surface area contributed by atoms with Gasteiger partial charge >= 0.3 is 0 Å². The summed E-state index contributed by atoms with van der Waals surface area (Å²) in [5.41, 5.74) is 0.978. The first kappa shape index (κ1) is 17.5. The number of ether oxygens (including phenoxy) is 1. The van der Waals surface area contributed by atoms with Gasteiger partial charge in [-0.2, -0.15) is 0 Å². The van der Waals surface area contributed by atoms with Crippen LogP contribution in [0.4, 0.5) is 0 Å². The average molecular weight is 363 g/mol. The van der Waals surface area contributed by atoms with Crippen molar-refractivity contribution >= 4 is 40.3 Å². The maximum Gasteiger partial charge on any atom is 0.267 e. The van der Waals surface area contributed by atoms with E-state index in [1.165, 1.54) is 37.4 Å². The van der Waals surface area contributed by atoms with Crippen LogP contribution in [0.5, 0.6) is 5.75 Å². The summed E-state index contributed by atoms with van der Waals surface area (Å²) in [4.78, 5) is 17.5. The molecule has 0 aromatic heterocycles. The summed E-state index contributed by atoms with van der Waals surface area (Å²) in [6.45, 7) is 2.72. The minimum absolute atomic E-state index is 0.0186. The second-order valence-electron chi connectivity index (χ2n) is 6.06. The number of benzene rings is 1. The van der Waals surface area contributed by atoms with Gasteiger partial charge in [-0.3, -0.25) is 14.6 Å². The minimum Gasteiger partial charge on any atom is -0.497 e. The Morgan fingerprint density at radius 1 is 1.17 bits per heavy atom. The molecule has 4 nitrogen and oxygen atoms in total. The van der Waals surface area contributed by atoms with Crippen molar-refractivity contribution in [3.8, 4) is 5.75 Å². The normalized spacial score (nSPS) is 21.4. The van der Waals surface area contributed by atoms with Crippen LogP contribution >= 0.6 is 24.0 Å². The minimum atomic E-state index is 0.0186. The van der Waals surface area contributed by atoms with Crippen LogP contribution in [0.25, 0.3) is 6.08 Å². The number of hydrogen-bond acceptors (Lipinski definition) is 5. The van der Waals surface area contributed by atoms with Crippen molar-refractivity contribution in [2.45, 2.75) is 25.7 Å². The van der Waals surface area contributed by atoms with E-state index in [1.54, 1.807) is 12.0 Å². The van der Waals surface area contributed by atoms with E-state index in [0.717, 1.165) is 24.4 Å². The van der Waals surface area contributed by atoms with Crippen molar-refractivity contribution in [2.24, 2.45) is 0 Å². The van der Waals surface area contributed by atoms with Crippen molar-refractivity contribution in [3.63, 3.8) is 0 Å². The molecule has 0 spiro atoms. The molecule has 6 heteroatoms. The van der Waals surface area contributed by atoms with Crippen molar-refractivity contribution in [3.05, 3.63) is 34.7 Å². The number of hydrogen-bond donors (Lipinski definition) is 0. The summed E-state index contributed by atoms with van der Waals surface area (Å²) in [5.74, 6) is 0.825. The van der Waals surface area contributed by atoms with Crippen molar-refractivity contribution in [2.75, 3.05) is 26.9 Å². The lowest BCUT2D eigenvalue weighted by Gasteiger charge is -2.25. The second-order valence-corrected chi connectivity index (χ2v) is 7.73. The van der Waals surface area contributed by atoms with Crippen molar-refractivity contribution < 1.29 is 9.53 Å². The molecule has 0 unspecified atom stereocenters. The lowest BCUT2D eigenvalue weighted by atomic mass is 10.2. The molecule has 2 aliphatic heterocycles. The Hall–Kier alpha value is -1.37. The highest BCUT2D eigenvalue weighted by Gasteiger charge is 2.33. The molecule has 0 saturated carbocycles. The maximum absolute atomic E-state index is 12.7. The van der Waals surface area contributed by atoms with E-state index in [-0.39, 0.29) is 5.91 Å². The van der Waals surface area contributed by atoms with Crippen LogP contribution in [-0.4, -0.2) is 46.9 Å². The predicted molar refractivity (Wildman–Crippen MR) is 103 cm³/mol. The first-order valence-corrected chi connectivity index (χ1v) is 9.51. The first-order chi connectivity index (χ1) is 11.7. The molecular weight excluding hydrogens is 340 g/mol. The number of thioether (sulfide) groups is 1. The third-order valence-corrected chi connectivity index (χ3v) is 5.71. The number of thiocarbonyl (C=S) groups is 1. The summed E-state index contributed by atoms with van der Waals surface area (Å²) in [7, 11) is 1.64. The van der Waals surface area contributed by atoms with Crippen molar-refractivity contribution in [1.29, 1.82) is 0 Å². The summed E-state index contributed by atoms with van der Waals surface area (Å²) in [5, 5.41) is 0. The number of carbonyl (C=O) groups excluding carboxylic acids is 1. The Labute approximate surface area is 152 Å². The van der Waals surface area contributed by atoms with Gasteiger partial charge in [0, 0.05) is 0 Å². The van der Waals surface area contributed by atoms with Crippen LogP contribution in [0.2, 0.25) is 0 Å². The zero-order valence-electron chi connectivity index (χ0n) is 13.9. The third kappa shape index (κ3) is 4.18. The first-order valence-electron chi connectivity index (χ1n) is 8.29. The van der Waals surface area contributed by atoms with Gasteiger partial charge in [0.25, 0.3) is 5.91 Å². The Bertz CT molecular complexity index is 635. The van der Waals surface area contributed by atoms with E-state index in [2.05, 4.69) is 4.90 Å². The van der Waals surface area contributed by atoms with E-state index in [1.807, 2.05) is 30.3 Å². The maximum atomic E-state index is 12.7. The van der Waals surface area contributed by atoms with Gasteiger partial charge in [0.2, 0.25) is 0 Å². The van der Waals surface area contributed by atoms with Gasteiger partial charge in [0.15, 0.2) is 0 Å². The highest BCUT2D eigenvalue weighted by molar-refractivity contribution is 8.26. The molecule has 0 atom stereocenters. The average Bonchev–Trinajstić information content (AvgIpc) is 2.78. The molecule has 2 fully saturated rings. The van der Waals surface area contributed by atoms with Crippen LogP contribution in [0.1, 0.15) is 31.2 Å². The molecule has 1 aromatic rings. The highest BCUT2D eigenvalue weighted by atomic mass is 32.2. The lowest BCUT2D eigenvalue weighted by molar-refractivity contribution is -0.123. The van der Waals surface area contributed by atoms with Gasteiger partial charge in [0.1, 0.15) is 10.1 Å². The highest BCUT2D eigenvalue weighted by Crippen LogP contribution is 2.33. The number of likely N-dealkylation sites (tertiary alicyclic amines) is 1. The van der Waals surface area contributed by atoms with Gasteiger partial charge in [-0.05, 0) is 49.7 Å². The van der Waals surface area contributed by atoms with Crippen LogP contribution in [0.15, 0.2) is 29.2 Å². The molecule has 2 heterocycles. The molecule has 1 aromatic carbocycles. The van der Waals surface area contributed by atoms with E-state index < -0.39 is 0 Å². The van der Waals surface area contributed by atoms with Crippen LogP contribution < -0.4 is 4.74 Å². The Kier molecular flexibility index (Phi) is 5.92. The molecule has 0 radical (unpaired) electrons. The molecule has 24 heavy (non-hydrogen) atoms. The van der Waals surface area contributed by atoms with Gasteiger partial charge in [0.05, 0.1) is 18.7 Å². The third-order valence-electron chi connectivity index (χ3n) is 4.33. The summed E-state index contributed by atoms with van der Waals surface area (Å²) in [6.07, 6.45) is 6.88. The SMILES string of the molecule is COc1ccc(C=C2SC(=S)N(CN3CCCCCC3)C2=O)cc1. The monoisotopic (exact) mass is 362 g/mol. The van der Waals surface area contributed by atoms with Crippen LogP contribution in [-0.2, 0) is 4.79 Å². The smallest absolute Gasteiger partial charge is 0.267 e. The Balaban J connectivity index is 1.69. The summed E-state index contributed by atoms with van der Waals surface area (Å²) >= 11 is 6.82. The fraction of sp³-hybridized carbons (Fsp3) is 0.444. The lowest BCUT2D eigenvalue weighted by Crippen LogP contribution is -2.40. The van der Waals surface area contributed by atoms with Gasteiger partial charge < -0.3 is 4.74 Å². The molecule has 2 aliphatic rings. The van der Waals surface area contributed by atoms with Gasteiger partial charge in [-0.1, -0.05) is 49.0 Å². The zero-order chi connectivity index (χ0) is 16.9. The van der Waals surface area contributed by atoms with E-state index in [9.17, 15) is 4.79 Å². The van der Waals surface area contributed by atoms with Gasteiger partial charge in [-0.25, -0.2) is 0 Å². The number of nitrogens with zero attached hydrogens (tertiary/aromatic N) is 2. The molecule has 128 valence electrons. The molecule has 1 amide bonds. The Morgan fingerprint density at radius 3 is 2.46 bits per heavy atom. The fourth-order valence-electron chi connectivity index (χ4n) is 2.95. The van der Waals surface area contributed by atoms with Gasteiger partial charge in [-0.15, -0.1) is 0 Å². The molecule has 0 bridgehead atoms. The second kappa shape index (κ2) is 8.14. The van der Waals surface area contributed by atoms with Crippen LogP contribution in [0.3, 0.4) is 0 Å². The summed E-state index contributed by atoms with van der Waals surface area (Å²) in [6, 6.07) is 7.67. The van der Waals surface area contributed by atoms with Crippen molar-refractivity contribution in [1.82, 2.24) is 9.80 Å². The Morgan fingerprint density at radius 2 is 1.83 bits per heavy atom. The molecule has 3 rings (SSSR count). The topological polar surface area (TPSA) is 32.8 Å². The quantitative estimate of drug-likeness (QED) is 0.602. The number of methoxy groups -OCH3 is 1.